The van der Waals surface area contributed by atoms with Crippen LogP contribution in [0.5, 0.6) is 0 Å². The molecule has 0 atom stereocenters. The molecule has 0 aliphatic heterocycles. The molecule has 0 spiro atoms. The Bertz CT molecular complexity index is 850. The van der Waals surface area contributed by atoms with Gasteiger partial charge in [-0.05, 0) is 86.8 Å². The molecule has 4 saturated carbocycles. The van der Waals surface area contributed by atoms with Crippen LogP contribution in [0.1, 0.15) is 61.1 Å². The maximum atomic E-state index is 13.1. The average Bonchev–Trinajstić information content (AvgIpc) is 3.04. The maximum absolute atomic E-state index is 13.1. The monoisotopic (exact) mass is 365 g/mol. The quantitative estimate of drug-likeness (QED) is 0.870. The summed E-state index contributed by atoms with van der Waals surface area (Å²) in [5.41, 5.74) is 3.47. The van der Waals surface area contributed by atoms with Crippen LogP contribution in [0.15, 0.2) is 22.6 Å². The van der Waals surface area contributed by atoms with Crippen molar-refractivity contribution in [3.05, 3.63) is 40.8 Å². The number of carbonyl (C=O) groups excluding carboxylic acids is 1. The molecule has 5 heteroatoms. The van der Waals surface area contributed by atoms with Crippen LogP contribution in [-0.4, -0.2) is 16.1 Å². The number of rotatable bonds is 4. The summed E-state index contributed by atoms with van der Waals surface area (Å²) in [4.78, 5) is 13.1. The summed E-state index contributed by atoms with van der Waals surface area (Å²) in [5, 5.41) is 11.1. The van der Waals surface area contributed by atoms with E-state index in [1.807, 2.05) is 0 Å². The van der Waals surface area contributed by atoms with Crippen molar-refractivity contribution in [1.29, 1.82) is 0 Å². The van der Waals surface area contributed by atoms with Crippen LogP contribution in [0, 0.1) is 37.0 Å². The molecule has 4 aliphatic carbocycles. The third-order valence-corrected chi connectivity index (χ3v) is 7.13. The molecule has 4 fully saturated rings. The fourth-order valence-corrected chi connectivity index (χ4v) is 6.08. The number of anilines is 1. The molecule has 27 heavy (non-hydrogen) atoms. The first-order chi connectivity index (χ1) is 13.0. The van der Waals surface area contributed by atoms with E-state index in [0.717, 1.165) is 42.6 Å². The van der Waals surface area contributed by atoms with Crippen LogP contribution in [0.3, 0.4) is 0 Å². The van der Waals surface area contributed by atoms with Crippen LogP contribution >= 0.6 is 0 Å². The Labute approximate surface area is 159 Å². The molecule has 6 rings (SSSR count). The van der Waals surface area contributed by atoms with Gasteiger partial charge in [-0.2, -0.15) is 0 Å². The highest BCUT2D eigenvalue weighted by Crippen LogP contribution is 2.60. The lowest BCUT2D eigenvalue weighted by atomic mass is 9.49. The number of aromatic nitrogens is 2. The topological polar surface area (TPSA) is 68.0 Å². The van der Waals surface area contributed by atoms with Gasteiger partial charge < -0.3 is 4.42 Å². The molecule has 142 valence electrons. The van der Waals surface area contributed by atoms with E-state index in [2.05, 4.69) is 47.6 Å². The van der Waals surface area contributed by atoms with Crippen molar-refractivity contribution in [2.24, 2.45) is 23.2 Å². The van der Waals surface area contributed by atoms with E-state index in [0.29, 0.717) is 12.3 Å². The molecule has 0 unspecified atom stereocenters. The van der Waals surface area contributed by atoms with E-state index in [9.17, 15) is 4.79 Å². The number of benzene rings is 1. The minimum Gasteiger partial charge on any atom is -0.407 e. The first-order valence-electron chi connectivity index (χ1n) is 10.2. The number of aryl methyl sites for hydroxylation is 2. The van der Waals surface area contributed by atoms with Crippen molar-refractivity contribution in [1.82, 2.24) is 10.2 Å². The Kier molecular flexibility index (Phi) is 3.88. The Morgan fingerprint density at radius 1 is 1.07 bits per heavy atom. The smallest absolute Gasteiger partial charge is 0.322 e. The fourth-order valence-electron chi connectivity index (χ4n) is 6.08. The molecule has 0 radical (unpaired) electrons. The molecular formula is C22H27N3O2. The first-order valence-corrected chi connectivity index (χ1v) is 10.2. The Morgan fingerprint density at radius 3 is 2.37 bits per heavy atom. The Hall–Kier alpha value is -2.17. The molecular weight excluding hydrogens is 338 g/mol. The molecule has 1 aromatic carbocycles. The lowest BCUT2D eigenvalue weighted by Crippen LogP contribution is -2.51. The van der Waals surface area contributed by atoms with Crippen LogP contribution in [0.2, 0.25) is 0 Å². The van der Waals surface area contributed by atoms with Crippen molar-refractivity contribution < 1.29 is 9.21 Å². The highest BCUT2D eigenvalue weighted by molar-refractivity contribution is 5.94. The SMILES string of the molecule is Cc1ccc(Cc2nnc(NC(=O)C34CC5CC(CC(C5)C3)C4)o2)cc1C. The molecule has 1 heterocycles. The number of hydrogen-bond donors (Lipinski definition) is 1. The highest BCUT2D eigenvalue weighted by Gasteiger charge is 2.54. The van der Waals surface area contributed by atoms with Gasteiger partial charge in [0.05, 0.1) is 11.8 Å². The van der Waals surface area contributed by atoms with Gasteiger partial charge >= 0.3 is 6.01 Å². The van der Waals surface area contributed by atoms with Gasteiger partial charge in [0.15, 0.2) is 0 Å². The van der Waals surface area contributed by atoms with Crippen molar-refractivity contribution in [3.63, 3.8) is 0 Å². The van der Waals surface area contributed by atoms with E-state index in [4.69, 9.17) is 4.42 Å². The van der Waals surface area contributed by atoms with Crippen LogP contribution in [0.25, 0.3) is 0 Å². The molecule has 4 bridgehead atoms. The van der Waals surface area contributed by atoms with Crippen LogP contribution < -0.4 is 5.32 Å². The van der Waals surface area contributed by atoms with E-state index in [1.54, 1.807) is 0 Å². The van der Waals surface area contributed by atoms with Crippen LogP contribution in [-0.2, 0) is 11.2 Å². The maximum Gasteiger partial charge on any atom is 0.322 e. The van der Waals surface area contributed by atoms with Gasteiger partial charge in [0, 0.05) is 0 Å². The summed E-state index contributed by atoms with van der Waals surface area (Å²) in [6.07, 6.45) is 7.67. The largest absolute Gasteiger partial charge is 0.407 e. The van der Waals surface area contributed by atoms with E-state index < -0.39 is 0 Å². The van der Waals surface area contributed by atoms with E-state index in [-0.39, 0.29) is 17.3 Å². The van der Waals surface area contributed by atoms with E-state index in [1.165, 1.54) is 30.4 Å². The zero-order valence-corrected chi connectivity index (χ0v) is 16.1. The third-order valence-electron chi connectivity index (χ3n) is 7.13. The van der Waals surface area contributed by atoms with Gasteiger partial charge in [-0.25, -0.2) is 0 Å². The van der Waals surface area contributed by atoms with Crippen molar-refractivity contribution in [2.75, 3.05) is 5.32 Å². The summed E-state index contributed by atoms with van der Waals surface area (Å²) >= 11 is 0. The predicted molar refractivity (Wildman–Crippen MR) is 102 cm³/mol. The molecule has 1 aromatic heterocycles. The summed E-state index contributed by atoms with van der Waals surface area (Å²) in [6.45, 7) is 4.20. The standard InChI is InChI=1S/C22H27N3O2/c1-13-3-4-15(5-14(13)2)9-19-24-25-21(27-19)23-20(26)22-10-16-6-17(11-22)8-18(7-16)12-22/h3-5,16-18H,6-12H2,1-2H3,(H,23,25,26). The van der Waals surface area contributed by atoms with Gasteiger partial charge in [-0.3, -0.25) is 10.1 Å². The predicted octanol–water partition coefficient (Wildman–Crippen LogP) is 4.43. The molecule has 1 N–H and O–H groups in total. The van der Waals surface area contributed by atoms with Crippen LogP contribution in [0.4, 0.5) is 6.01 Å². The van der Waals surface area contributed by atoms with Gasteiger partial charge in [0.2, 0.25) is 11.8 Å². The second kappa shape index (κ2) is 6.18. The summed E-state index contributed by atoms with van der Waals surface area (Å²) in [5.74, 6) is 2.86. The number of nitrogens with zero attached hydrogens (tertiary/aromatic N) is 2. The lowest BCUT2D eigenvalue weighted by Gasteiger charge is -2.55. The number of amides is 1. The highest BCUT2D eigenvalue weighted by atomic mass is 16.4. The van der Waals surface area contributed by atoms with E-state index >= 15 is 0 Å². The van der Waals surface area contributed by atoms with Gasteiger partial charge in [-0.15, -0.1) is 5.10 Å². The molecule has 1 amide bonds. The third kappa shape index (κ3) is 3.07. The summed E-state index contributed by atoms with van der Waals surface area (Å²) < 4.78 is 5.74. The zero-order chi connectivity index (χ0) is 18.6. The van der Waals surface area contributed by atoms with Crippen molar-refractivity contribution in [3.8, 4) is 0 Å². The second-order valence-corrected chi connectivity index (χ2v) is 9.25. The van der Waals surface area contributed by atoms with Crippen molar-refractivity contribution >= 4 is 11.9 Å². The molecule has 0 saturated heterocycles. The zero-order valence-electron chi connectivity index (χ0n) is 16.1. The average molecular weight is 365 g/mol. The minimum atomic E-state index is -0.197. The Morgan fingerprint density at radius 2 is 1.74 bits per heavy atom. The van der Waals surface area contributed by atoms with Gasteiger partial charge in [0.25, 0.3) is 0 Å². The Balaban J connectivity index is 1.28. The molecule has 4 aliphatic rings. The second-order valence-electron chi connectivity index (χ2n) is 9.25. The minimum absolute atomic E-state index is 0.1000. The summed E-state index contributed by atoms with van der Waals surface area (Å²) in [7, 11) is 0. The number of carbonyl (C=O) groups is 1. The normalized spacial score (nSPS) is 31.3. The first kappa shape index (κ1) is 17.0. The van der Waals surface area contributed by atoms with Gasteiger partial charge in [-0.1, -0.05) is 23.3 Å². The molecule has 5 nitrogen and oxygen atoms in total. The fraction of sp³-hybridized carbons (Fsp3) is 0.591. The molecule has 2 aromatic rings. The number of hydrogen-bond acceptors (Lipinski definition) is 4. The lowest BCUT2D eigenvalue weighted by molar-refractivity contribution is -0.140. The number of nitrogens with one attached hydrogen (secondary N) is 1. The van der Waals surface area contributed by atoms with Crippen molar-refractivity contribution in [2.45, 2.75) is 58.8 Å². The van der Waals surface area contributed by atoms with Gasteiger partial charge in [0.1, 0.15) is 0 Å². The summed E-state index contributed by atoms with van der Waals surface area (Å²) in [6, 6.07) is 6.58.